The van der Waals surface area contributed by atoms with E-state index in [1.54, 1.807) is 0 Å². The minimum absolute atomic E-state index is 0.0143. The first-order chi connectivity index (χ1) is 14.3. The largest absolute Gasteiger partial charge is 0.435 e. The molecule has 0 aromatic heterocycles. The van der Waals surface area contributed by atoms with Crippen LogP contribution in [0.5, 0.6) is 0 Å². The number of esters is 1. The zero-order valence-corrected chi connectivity index (χ0v) is 18.2. The molecule has 6 unspecified atom stereocenters. The number of rotatable bonds is 4. The van der Waals surface area contributed by atoms with Crippen molar-refractivity contribution >= 4 is 5.97 Å². The maximum absolute atomic E-state index is 13.7. The molecule has 6 atom stereocenters. The number of fused-ring (bicyclic) bond motifs is 3. The fourth-order valence-electron chi connectivity index (χ4n) is 7.69. The van der Waals surface area contributed by atoms with Crippen LogP contribution in [0, 0.1) is 17.8 Å². The first-order valence-corrected chi connectivity index (χ1v) is 12.9. The van der Waals surface area contributed by atoms with E-state index in [4.69, 9.17) is 9.47 Å². The highest BCUT2D eigenvalue weighted by atomic mass is 16.7. The van der Waals surface area contributed by atoms with Crippen LogP contribution in [0.4, 0.5) is 0 Å². The van der Waals surface area contributed by atoms with Gasteiger partial charge in [-0.1, -0.05) is 44.9 Å². The molecule has 0 aromatic carbocycles. The number of likely N-dealkylation sites (tertiary alicyclic amines) is 1. The van der Waals surface area contributed by atoms with Gasteiger partial charge in [0.1, 0.15) is 6.04 Å². The van der Waals surface area contributed by atoms with Gasteiger partial charge in [-0.3, -0.25) is 9.69 Å². The third-order valence-electron chi connectivity index (χ3n) is 8.92. The highest BCUT2D eigenvalue weighted by Gasteiger charge is 2.54. The normalized spacial score (nSPS) is 40.1. The second-order valence-corrected chi connectivity index (χ2v) is 10.6. The Morgan fingerprint density at radius 3 is 1.93 bits per heavy atom. The highest BCUT2D eigenvalue weighted by Crippen LogP contribution is 2.51. The molecular formula is C25H41NO3. The summed E-state index contributed by atoms with van der Waals surface area (Å²) in [6.45, 7) is 0.741. The van der Waals surface area contributed by atoms with Crippen molar-refractivity contribution in [1.29, 1.82) is 0 Å². The van der Waals surface area contributed by atoms with Crippen molar-refractivity contribution in [3.8, 4) is 0 Å². The SMILES string of the molecule is O=C(OC1CCCCO1)C(C1CCCCC1)N1C2CCCCC2C2CCCCC21. The number of hydrogen-bond acceptors (Lipinski definition) is 4. The Morgan fingerprint density at radius 2 is 1.31 bits per heavy atom. The zero-order valence-electron chi connectivity index (χ0n) is 18.2. The second kappa shape index (κ2) is 9.26. The van der Waals surface area contributed by atoms with Gasteiger partial charge in [0.25, 0.3) is 0 Å². The lowest BCUT2D eigenvalue weighted by Gasteiger charge is -2.43. The molecule has 29 heavy (non-hydrogen) atoms. The van der Waals surface area contributed by atoms with Gasteiger partial charge in [-0.15, -0.1) is 0 Å². The zero-order chi connectivity index (χ0) is 19.6. The average Bonchev–Trinajstić information content (AvgIpc) is 3.10. The van der Waals surface area contributed by atoms with Crippen molar-refractivity contribution in [2.75, 3.05) is 6.61 Å². The van der Waals surface area contributed by atoms with Crippen LogP contribution in [0.3, 0.4) is 0 Å². The van der Waals surface area contributed by atoms with Crippen molar-refractivity contribution in [3.63, 3.8) is 0 Å². The number of ether oxygens (including phenoxy) is 2. The molecule has 3 saturated carbocycles. The number of nitrogens with zero attached hydrogens (tertiary/aromatic N) is 1. The Balaban J connectivity index is 1.41. The van der Waals surface area contributed by atoms with Crippen LogP contribution in [0.15, 0.2) is 0 Å². The van der Waals surface area contributed by atoms with E-state index in [0.717, 1.165) is 37.7 Å². The topological polar surface area (TPSA) is 38.8 Å². The highest BCUT2D eigenvalue weighted by molar-refractivity contribution is 5.76. The molecule has 0 radical (unpaired) electrons. The van der Waals surface area contributed by atoms with Gasteiger partial charge >= 0.3 is 5.97 Å². The first-order valence-electron chi connectivity index (χ1n) is 12.9. The van der Waals surface area contributed by atoms with Crippen molar-refractivity contribution in [2.45, 2.75) is 127 Å². The van der Waals surface area contributed by atoms with Crippen LogP contribution in [0.25, 0.3) is 0 Å². The van der Waals surface area contributed by atoms with Gasteiger partial charge in [-0.05, 0) is 69.1 Å². The van der Waals surface area contributed by atoms with Gasteiger partial charge < -0.3 is 9.47 Å². The van der Waals surface area contributed by atoms with Gasteiger partial charge in [0.15, 0.2) is 0 Å². The number of carbonyl (C=O) groups excluding carboxylic acids is 1. The van der Waals surface area contributed by atoms with Gasteiger partial charge in [0.05, 0.1) is 6.61 Å². The van der Waals surface area contributed by atoms with Gasteiger partial charge in [-0.2, -0.15) is 0 Å². The first kappa shape index (κ1) is 20.3. The van der Waals surface area contributed by atoms with E-state index >= 15 is 0 Å². The molecule has 2 aliphatic heterocycles. The van der Waals surface area contributed by atoms with Crippen LogP contribution in [-0.2, 0) is 14.3 Å². The Labute approximate surface area is 177 Å². The maximum Gasteiger partial charge on any atom is 0.325 e. The van der Waals surface area contributed by atoms with E-state index in [2.05, 4.69) is 4.90 Å². The molecule has 3 aliphatic carbocycles. The molecule has 5 rings (SSSR count). The van der Waals surface area contributed by atoms with Crippen molar-refractivity contribution in [1.82, 2.24) is 4.90 Å². The maximum atomic E-state index is 13.7. The van der Waals surface area contributed by atoms with Crippen molar-refractivity contribution in [3.05, 3.63) is 0 Å². The molecule has 4 nitrogen and oxygen atoms in total. The van der Waals surface area contributed by atoms with Gasteiger partial charge in [0, 0.05) is 18.5 Å². The lowest BCUT2D eigenvalue weighted by Crippen LogP contribution is -2.55. The Kier molecular flexibility index (Phi) is 6.48. The lowest BCUT2D eigenvalue weighted by molar-refractivity contribution is -0.196. The molecule has 0 spiro atoms. The third-order valence-corrected chi connectivity index (χ3v) is 8.92. The van der Waals surface area contributed by atoms with Crippen LogP contribution in [0.1, 0.15) is 103 Å². The Bertz CT molecular complexity index is 532. The third kappa shape index (κ3) is 4.13. The molecule has 164 valence electrons. The minimum atomic E-state index is -0.297. The molecule has 2 heterocycles. The molecule has 4 heteroatoms. The summed E-state index contributed by atoms with van der Waals surface area (Å²) < 4.78 is 11.9. The van der Waals surface area contributed by atoms with Crippen molar-refractivity contribution in [2.24, 2.45) is 17.8 Å². The van der Waals surface area contributed by atoms with E-state index in [-0.39, 0.29) is 18.3 Å². The summed E-state index contributed by atoms with van der Waals surface area (Å²) >= 11 is 0. The average molecular weight is 404 g/mol. The summed E-state index contributed by atoms with van der Waals surface area (Å²) in [4.78, 5) is 16.5. The quantitative estimate of drug-likeness (QED) is 0.586. The van der Waals surface area contributed by atoms with E-state index < -0.39 is 0 Å². The molecule has 2 saturated heterocycles. The predicted octanol–water partition coefficient (Wildman–Crippen LogP) is 5.44. The number of carbonyl (C=O) groups is 1. The fourth-order valence-corrected chi connectivity index (χ4v) is 7.69. The summed E-state index contributed by atoms with van der Waals surface area (Å²) in [7, 11) is 0. The lowest BCUT2D eigenvalue weighted by atomic mass is 9.73. The molecular weight excluding hydrogens is 362 g/mol. The summed E-state index contributed by atoms with van der Waals surface area (Å²) in [5.74, 6) is 2.21. The molecule has 0 N–H and O–H groups in total. The monoisotopic (exact) mass is 403 g/mol. The molecule has 0 bridgehead atoms. The fraction of sp³-hybridized carbons (Fsp3) is 0.960. The van der Waals surface area contributed by atoms with Crippen LogP contribution in [-0.4, -0.2) is 41.9 Å². The van der Waals surface area contributed by atoms with E-state index in [9.17, 15) is 4.79 Å². The Morgan fingerprint density at radius 1 is 0.724 bits per heavy atom. The minimum Gasteiger partial charge on any atom is -0.435 e. The molecule has 0 amide bonds. The van der Waals surface area contributed by atoms with Crippen LogP contribution >= 0.6 is 0 Å². The molecule has 0 aromatic rings. The predicted molar refractivity (Wildman–Crippen MR) is 113 cm³/mol. The summed E-state index contributed by atoms with van der Waals surface area (Å²) in [6.07, 6.45) is 20.0. The summed E-state index contributed by atoms with van der Waals surface area (Å²) in [5.41, 5.74) is 0. The number of hydrogen-bond donors (Lipinski definition) is 0. The van der Waals surface area contributed by atoms with Crippen molar-refractivity contribution < 1.29 is 14.3 Å². The molecule has 5 aliphatic rings. The van der Waals surface area contributed by atoms with Crippen LogP contribution in [0.2, 0.25) is 0 Å². The summed E-state index contributed by atoms with van der Waals surface area (Å²) in [5, 5.41) is 0. The second-order valence-electron chi connectivity index (χ2n) is 10.6. The van der Waals surface area contributed by atoms with E-state index in [1.165, 1.54) is 83.5 Å². The van der Waals surface area contributed by atoms with E-state index in [1.807, 2.05) is 0 Å². The Hall–Kier alpha value is -0.610. The standard InChI is InChI=1S/C25H41NO3/c27-25(29-23-16-8-9-17-28-23)24(18-10-2-1-3-11-18)26-21-14-6-4-12-19(21)20-13-5-7-15-22(20)26/h18-24H,1-17H2. The smallest absolute Gasteiger partial charge is 0.325 e. The van der Waals surface area contributed by atoms with Gasteiger partial charge in [0.2, 0.25) is 6.29 Å². The summed E-state index contributed by atoms with van der Waals surface area (Å²) in [6, 6.07) is 1.24. The van der Waals surface area contributed by atoms with Crippen LogP contribution < -0.4 is 0 Å². The molecule has 5 fully saturated rings. The van der Waals surface area contributed by atoms with E-state index in [0.29, 0.717) is 18.0 Å². The van der Waals surface area contributed by atoms with Gasteiger partial charge in [-0.25, -0.2) is 0 Å².